The maximum Gasteiger partial charge on any atom is 0.193 e. The van der Waals surface area contributed by atoms with Gasteiger partial charge in [-0.15, -0.1) is 0 Å². The van der Waals surface area contributed by atoms with Crippen molar-refractivity contribution in [1.29, 1.82) is 0 Å². The third kappa shape index (κ3) is 4.58. The number of ether oxygens (including phenoxy) is 1. The van der Waals surface area contributed by atoms with Gasteiger partial charge >= 0.3 is 0 Å². The number of aryl methyl sites for hydroxylation is 1. The van der Waals surface area contributed by atoms with E-state index in [4.69, 9.17) is 19.1 Å². The minimum absolute atomic E-state index is 0.0796. The molecule has 0 aliphatic carbocycles. The van der Waals surface area contributed by atoms with Crippen molar-refractivity contribution in [2.75, 3.05) is 6.61 Å². The number of hydrogen-bond acceptors (Lipinski definition) is 4. The molecule has 162 valence electrons. The molecule has 0 bridgehead atoms. The fourth-order valence-corrected chi connectivity index (χ4v) is 4.72. The summed E-state index contributed by atoms with van der Waals surface area (Å²) in [7, 11) is -2.09. The van der Waals surface area contributed by atoms with E-state index < -0.39 is 8.32 Å². The molecular weight excluding hydrogens is 400 g/mol. The third-order valence-corrected chi connectivity index (χ3v) is 10.8. The fourth-order valence-electron chi connectivity index (χ4n) is 3.53. The number of aromatic nitrogens is 2. The number of rotatable bonds is 5. The molecule has 0 saturated carbocycles. The highest BCUT2D eigenvalue weighted by atomic mass is 28.4. The Morgan fingerprint density at radius 3 is 2.23 bits per heavy atom. The Labute approximate surface area is 186 Å². The van der Waals surface area contributed by atoms with Gasteiger partial charge in [-0.3, -0.25) is 0 Å². The number of hydrogen-bond donors (Lipinski definition) is 0. The SMILES string of the molecule is CC(C)(C)[Si](C)(C)O[C@H](c1ccccc1)c1nc(-c2ccccc2)nc2c1OCCC2. The van der Waals surface area contributed by atoms with Gasteiger partial charge in [-0.05, 0) is 36.5 Å². The second kappa shape index (κ2) is 8.56. The molecule has 0 radical (unpaired) electrons. The average molecular weight is 433 g/mol. The summed E-state index contributed by atoms with van der Waals surface area (Å²) in [6.07, 6.45) is 1.57. The van der Waals surface area contributed by atoms with Crippen LogP contribution in [0.25, 0.3) is 11.4 Å². The highest BCUT2D eigenvalue weighted by Crippen LogP contribution is 2.44. The molecule has 5 heteroatoms. The normalized spacial score (nSPS) is 15.1. The van der Waals surface area contributed by atoms with Crippen molar-refractivity contribution in [1.82, 2.24) is 9.97 Å². The molecule has 2 aromatic carbocycles. The van der Waals surface area contributed by atoms with Crippen LogP contribution in [0.15, 0.2) is 60.7 Å². The summed E-state index contributed by atoms with van der Waals surface area (Å²) < 4.78 is 13.2. The molecule has 1 aromatic heterocycles. The van der Waals surface area contributed by atoms with Crippen LogP contribution >= 0.6 is 0 Å². The molecule has 1 atom stereocenters. The molecule has 3 aromatic rings. The summed E-state index contributed by atoms with van der Waals surface area (Å²) in [5.74, 6) is 1.54. The van der Waals surface area contributed by atoms with Gasteiger partial charge in [0.25, 0.3) is 0 Å². The summed E-state index contributed by atoms with van der Waals surface area (Å²) in [6, 6.07) is 20.6. The largest absolute Gasteiger partial charge is 0.490 e. The maximum absolute atomic E-state index is 7.00. The van der Waals surface area contributed by atoms with Crippen molar-refractivity contribution in [2.45, 2.75) is 57.8 Å². The molecule has 1 aliphatic heterocycles. The highest BCUT2D eigenvalue weighted by molar-refractivity contribution is 6.74. The second-order valence-electron chi connectivity index (χ2n) is 9.70. The molecule has 4 rings (SSSR count). The number of nitrogens with zero attached hydrogens (tertiary/aromatic N) is 2. The Morgan fingerprint density at radius 2 is 1.58 bits per heavy atom. The van der Waals surface area contributed by atoms with Crippen LogP contribution in [0.1, 0.15) is 50.2 Å². The minimum atomic E-state index is -2.09. The monoisotopic (exact) mass is 432 g/mol. The lowest BCUT2D eigenvalue weighted by atomic mass is 10.0. The van der Waals surface area contributed by atoms with Crippen LogP contribution in [-0.4, -0.2) is 24.9 Å². The zero-order valence-corrected chi connectivity index (χ0v) is 20.2. The molecule has 31 heavy (non-hydrogen) atoms. The van der Waals surface area contributed by atoms with Gasteiger partial charge in [-0.25, -0.2) is 9.97 Å². The Bertz CT molecular complexity index is 1030. The van der Waals surface area contributed by atoms with Crippen LogP contribution in [0, 0.1) is 0 Å². The first-order chi connectivity index (χ1) is 14.8. The van der Waals surface area contributed by atoms with Gasteiger partial charge in [0.05, 0.1) is 12.3 Å². The zero-order chi connectivity index (χ0) is 22.1. The van der Waals surface area contributed by atoms with Crippen molar-refractivity contribution >= 4 is 8.32 Å². The standard InChI is InChI=1S/C26H32N2O2Si/c1-26(2,3)31(4,5)30-23(19-13-8-6-9-14-19)22-24-21(17-12-18-29-24)27-25(28-22)20-15-10-7-11-16-20/h6-11,13-16,23H,12,17-18H2,1-5H3/t23-/m1/s1. The molecule has 0 unspecified atom stereocenters. The van der Waals surface area contributed by atoms with E-state index in [-0.39, 0.29) is 11.1 Å². The first kappa shape index (κ1) is 21.7. The van der Waals surface area contributed by atoms with Crippen LogP contribution in [-0.2, 0) is 10.8 Å². The van der Waals surface area contributed by atoms with Gasteiger partial charge in [0.2, 0.25) is 0 Å². The van der Waals surface area contributed by atoms with E-state index in [2.05, 4.69) is 70.3 Å². The van der Waals surface area contributed by atoms with Crippen LogP contribution in [0.5, 0.6) is 5.75 Å². The van der Waals surface area contributed by atoms with Crippen molar-refractivity contribution in [3.63, 3.8) is 0 Å². The van der Waals surface area contributed by atoms with Gasteiger partial charge < -0.3 is 9.16 Å². The van der Waals surface area contributed by atoms with E-state index in [9.17, 15) is 0 Å². The number of fused-ring (bicyclic) bond motifs is 1. The first-order valence-electron chi connectivity index (χ1n) is 11.1. The Balaban J connectivity index is 1.89. The molecule has 0 N–H and O–H groups in total. The van der Waals surface area contributed by atoms with Crippen molar-refractivity contribution in [3.8, 4) is 17.1 Å². The maximum atomic E-state index is 7.00. The molecule has 2 heterocycles. The summed E-state index contributed by atoms with van der Waals surface area (Å²) >= 11 is 0. The lowest BCUT2D eigenvalue weighted by Gasteiger charge is -2.39. The Morgan fingerprint density at radius 1 is 0.935 bits per heavy atom. The molecular formula is C26H32N2O2Si. The van der Waals surface area contributed by atoms with Crippen LogP contribution in [0.2, 0.25) is 18.1 Å². The van der Waals surface area contributed by atoms with Crippen molar-refractivity contribution in [2.24, 2.45) is 0 Å². The van der Waals surface area contributed by atoms with E-state index in [0.29, 0.717) is 6.61 Å². The zero-order valence-electron chi connectivity index (χ0n) is 19.2. The van der Waals surface area contributed by atoms with Gasteiger partial charge in [0.1, 0.15) is 11.8 Å². The van der Waals surface area contributed by atoms with Gasteiger partial charge in [-0.1, -0.05) is 81.4 Å². The van der Waals surface area contributed by atoms with E-state index in [0.717, 1.165) is 46.9 Å². The highest BCUT2D eigenvalue weighted by Gasteiger charge is 2.41. The first-order valence-corrected chi connectivity index (χ1v) is 14.0. The Hall–Kier alpha value is -2.50. The summed E-state index contributed by atoms with van der Waals surface area (Å²) in [6.45, 7) is 12.1. The lowest BCUT2D eigenvalue weighted by Crippen LogP contribution is -2.42. The van der Waals surface area contributed by atoms with E-state index >= 15 is 0 Å². The quantitative estimate of drug-likeness (QED) is 0.427. The second-order valence-corrected chi connectivity index (χ2v) is 14.5. The van der Waals surface area contributed by atoms with Crippen LogP contribution in [0.3, 0.4) is 0 Å². The van der Waals surface area contributed by atoms with Crippen LogP contribution < -0.4 is 4.74 Å². The Kier molecular flexibility index (Phi) is 6.00. The molecule has 0 amide bonds. The van der Waals surface area contributed by atoms with E-state index in [1.807, 2.05) is 24.3 Å². The minimum Gasteiger partial charge on any atom is -0.490 e. The molecule has 0 spiro atoms. The summed E-state index contributed by atoms with van der Waals surface area (Å²) in [5.41, 5.74) is 3.94. The number of benzene rings is 2. The van der Waals surface area contributed by atoms with Crippen molar-refractivity contribution in [3.05, 3.63) is 77.6 Å². The van der Waals surface area contributed by atoms with Gasteiger partial charge in [0, 0.05) is 5.56 Å². The topological polar surface area (TPSA) is 44.2 Å². The van der Waals surface area contributed by atoms with E-state index in [1.165, 1.54) is 0 Å². The van der Waals surface area contributed by atoms with Gasteiger partial charge in [0.15, 0.2) is 19.9 Å². The predicted octanol–water partition coefficient (Wildman–Crippen LogP) is 6.58. The predicted molar refractivity (Wildman–Crippen MR) is 128 cm³/mol. The van der Waals surface area contributed by atoms with Gasteiger partial charge in [-0.2, -0.15) is 0 Å². The smallest absolute Gasteiger partial charge is 0.193 e. The average Bonchev–Trinajstić information content (AvgIpc) is 2.77. The molecule has 4 nitrogen and oxygen atoms in total. The lowest BCUT2D eigenvalue weighted by molar-refractivity contribution is 0.203. The summed E-state index contributed by atoms with van der Waals surface area (Å²) in [5, 5.41) is 0.0796. The van der Waals surface area contributed by atoms with E-state index in [1.54, 1.807) is 0 Å². The molecule has 0 fully saturated rings. The fraction of sp³-hybridized carbons (Fsp3) is 0.385. The summed E-state index contributed by atoms with van der Waals surface area (Å²) in [4.78, 5) is 9.95. The van der Waals surface area contributed by atoms with Crippen LogP contribution in [0.4, 0.5) is 0 Å². The molecule has 1 aliphatic rings. The third-order valence-electron chi connectivity index (χ3n) is 6.37. The van der Waals surface area contributed by atoms with Crippen molar-refractivity contribution < 1.29 is 9.16 Å². The molecule has 0 saturated heterocycles.